The van der Waals surface area contributed by atoms with Crippen LogP contribution in [0.4, 0.5) is 17.1 Å². The van der Waals surface area contributed by atoms with Gasteiger partial charge in [-0.15, -0.1) is 0 Å². The van der Waals surface area contributed by atoms with E-state index in [-0.39, 0.29) is 5.91 Å². The number of carbonyl (C=O) groups is 1. The van der Waals surface area contributed by atoms with Crippen molar-refractivity contribution in [3.05, 3.63) is 48.0 Å². The van der Waals surface area contributed by atoms with Gasteiger partial charge in [0.15, 0.2) is 0 Å². The number of anilines is 3. The zero-order valence-electron chi connectivity index (χ0n) is 16.8. The van der Waals surface area contributed by atoms with Gasteiger partial charge >= 0.3 is 0 Å². The van der Waals surface area contributed by atoms with Crippen molar-refractivity contribution in [2.75, 3.05) is 55.8 Å². The van der Waals surface area contributed by atoms with E-state index in [0.29, 0.717) is 29.3 Å². The molecule has 0 saturated carbocycles. The summed E-state index contributed by atoms with van der Waals surface area (Å²) in [6, 6.07) is 13.0. The van der Waals surface area contributed by atoms with Gasteiger partial charge in [-0.2, -0.15) is 0 Å². The predicted molar refractivity (Wildman–Crippen MR) is 115 cm³/mol. The molecule has 1 heterocycles. The summed E-state index contributed by atoms with van der Waals surface area (Å²) in [6.45, 7) is 6.73. The molecule has 150 valence electrons. The van der Waals surface area contributed by atoms with Gasteiger partial charge in [-0.3, -0.25) is 4.79 Å². The molecule has 0 spiro atoms. The van der Waals surface area contributed by atoms with E-state index < -0.39 is 0 Å². The summed E-state index contributed by atoms with van der Waals surface area (Å²) >= 11 is 0. The number of nitrogens with one attached hydrogen (secondary N) is 1. The lowest BCUT2D eigenvalue weighted by Gasteiger charge is -2.34. The van der Waals surface area contributed by atoms with E-state index in [1.54, 1.807) is 12.1 Å². The van der Waals surface area contributed by atoms with Crippen molar-refractivity contribution in [2.24, 2.45) is 0 Å². The van der Waals surface area contributed by atoms with Gasteiger partial charge in [0.2, 0.25) is 0 Å². The van der Waals surface area contributed by atoms with Crippen LogP contribution in [-0.2, 0) is 0 Å². The molecular weight excluding hydrogens is 352 g/mol. The Morgan fingerprint density at radius 2 is 1.93 bits per heavy atom. The van der Waals surface area contributed by atoms with Gasteiger partial charge in [0.05, 0.1) is 18.0 Å². The molecule has 28 heavy (non-hydrogen) atoms. The third-order valence-corrected chi connectivity index (χ3v) is 4.99. The lowest BCUT2D eigenvalue weighted by Crippen LogP contribution is -2.44. The summed E-state index contributed by atoms with van der Waals surface area (Å²) in [5, 5.41) is 2.93. The molecule has 0 radical (unpaired) electrons. The van der Waals surface area contributed by atoms with E-state index in [9.17, 15) is 4.79 Å². The number of nitrogen functional groups attached to an aromatic ring is 1. The Balaban J connectivity index is 1.64. The second-order valence-corrected chi connectivity index (χ2v) is 7.25. The number of piperazine rings is 1. The van der Waals surface area contributed by atoms with Crippen LogP contribution in [0, 0.1) is 0 Å². The van der Waals surface area contributed by atoms with Crippen LogP contribution >= 0.6 is 0 Å². The van der Waals surface area contributed by atoms with Crippen LogP contribution in [-0.4, -0.2) is 50.6 Å². The second-order valence-electron chi connectivity index (χ2n) is 7.25. The fraction of sp³-hybridized carbons (Fsp3) is 0.409. The molecule has 1 saturated heterocycles. The average Bonchev–Trinajstić information content (AvgIpc) is 2.69. The highest BCUT2D eigenvalue weighted by Crippen LogP contribution is 2.28. The lowest BCUT2D eigenvalue weighted by molar-refractivity contribution is 0.102. The van der Waals surface area contributed by atoms with Crippen molar-refractivity contribution >= 4 is 23.0 Å². The SMILES string of the molecule is CCCCOc1cccc(C(=O)Nc2ccc(N3CCN(C)CC3)c(N)c2)c1. The standard InChI is InChI=1S/C22H30N4O2/c1-3-4-14-28-19-7-5-6-17(15-19)22(27)24-18-8-9-21(20(23)16-18)26-12-10-25(2)11-13-26/h5-9,15-16H,3-4,10-14,23H2,1-2H3,(H,24,27). The molecule has 0 unspecified atom stereocenters. The fourth-order valence-corrected chi connectivity index (χ4v) is 3.23. The zero-order chi connectivity index (χ0) is 19.9. The Labute approximate surface area is 167 Å². The Hall–Kier alpha value is -2.73. The van der Waals surface area contributed by atoms with Crippen molar-refractivity contribution in [1.29, 1.82) is 0 Å². The lowest BCUT2D eigenvalue weighted by atomic mass is 10.1. The molecule has 0 aliphatic carbocycles. The number of carbonyl (C=O) groups excluding carboxylic acids is 1. The number of unbranched alkanes of at least 4 members (excludes halogenated alkanes) is 1. The van der Waals surface area contributed by atoms with E-state index in [0.717, 1.165) is 44.7 Å². The zero-order valence-corrected chi connectivity index (χ0v) is 16.8. The number of hydrogen-bond donors (Lipinski definition) is 2. The third kappa shape index (κ3) is 5.16. The van der Waals surface area contributed by atoms with Gasteiger partial charge in [-0.05, 0) is 49.9 Å². The van der Waals surface area contributed by atoms with Crippen LogP contribution in [0.2, 0.25) is 0 Å². The van der Waals surface area contributed by atoms with Gasteiger partial charge in [0.1, 0.15) is 5.75 Å². The largest absolute Gasteiger partial charge is 0.494 e. The van der Waals surface area contributed by atoms with E-state index in [4.69, 9.17) is 10.5 Å². The highest BCUT2D eigenvalue weighted by atomic mass is 16.5. The monoisotopic (exact) mass is 382 g/mol. The summed E-state index contributed by atoms with van der Waals surface area (Å²) in [7, 11) is 2.13. The molecule has 1 aliphatic heterocycles. The minimum absolute atomic E-state index is 0.173. The van der Waals surface area contributed by atoms with Crippen LogP contribution in [0.3, 0.4) is 0 Å². The van der Waals surface area contributed by atoms with Crippen molar-refractivity contribution in [2.45, 2.75) is 19.8 Å². The molecule has 6 nitrogen and oxygen atoms in total. The maximum absolute atomic E-state index is 12.6. The number of ether oxygens (including phenoxy) is 1. The first-order chi connectivity index (χ1) is 13.6. The summed E-state index contributed by atoms with van der Waals surface area (Å²) < 4.78 is 5.69. The van der Waals surface area contributed by atoms with Crippen molar-refractivity contribution in [3.8, 4) is 5.75 Å². The number of benzene rings is 2. The maximum Gasteiger partial charge on any atom is 0.255 e. The van der Waals surface area contributed by atoms with Crippen LogP contribution in [0.25, 0.3) is 0 Å². The van der Waals surface area contributed by atoms with Crippen LogP contribution in [0.5, 0.6) is 5.75 Å². The molecule has 1 fully saturated rings. The smallest absolute Gasteiger partial charge is 0.255 e. The molecule has 3 rings (SSSR count). The van der Waals surface area contributed by atoms with Gasteiger partial charge in [0, 0.05) is 37.4 Å². The number of hydrogen-bond acceptors (Lipinski definition) is 5. The molecule has 2 aromatic carbocycles. The van der Waals surface area contributed by atoms with Crippen molar-refractivity contribution < 1.29 is 9.53 Å². The van der Waals surface area contributed by atoms with Crippen molar-refractivity contribution in [1.82, 2.24) is 4.90 Å². The highest BCUT2D eigenvalue weighted by molar-refractivity contribution is 6.04. The van der Waals surface area contributed by atoms with E-state index in [2.05, 4.69) is 29.1 Å². The molecule has 0 bridgehead atoms. The Morgan fingerprint density at radius 3 is 2.64 bits per heavy atom. The van der Waals surface area contributed by atoms with Crippen LogP contribution in [0.1, 0.15) is 30.1 Å². The number of likely N-dealkylation sites (N-methyl/N-ethyl adjacent to an activating group) is 1. The predicted octanol–water partition coefficient (Wildman–Crippen LogP) is 3.45. The number of nitrogens with zero attached hydrogens (tertiary/aromatic N) is 2. The van der Waals surface area contributed by atoms with Gasteiger partial charge < -0.3 is 25.6 Å². The van der Waals surface area contributed by atoms with E-state index in [1.807, 2.05) is 30.3 Å². The molecule has 2 aromatic rings. The number of nitrogens with two attached hydrogens (primary N) is 1. The van der Waals surface area contributed by atoms with Crippen LogP contribution in [0.15, 0.2) is 42.5 Å². The summed E-state index contributed by atoms with van der Waals surface area (Å²) in [5.74, 6) is 0.540. The van der Waals surface area contributed by atoms with E-state index in [1.165, 1.54) is 0 Å². The Kier molecular flexibility index (Phi) is 6.76. The normalized spacial score (nSPS) is 14.7. The van der Waals surface area contributed by atoms with Gasteiger partial charge in [-0.25, -0.2) is 0 Å². The van der Waals surface area contributed by atoms with Gasteiger partial charge in [-0.1, -0.05) is 19.4 Å². The summed E-state index contributed by atoms with van der Waals surface area (Å²) in [4.78, 5) is 17.2. The minimum atomic E-state index is -0.173. The highest BCUT2D eigenvalue weighted by Gasteiger charge is 2.17. The third-order valence-electron chi connectivity index (χ3n) is 4.99. The first kappa shape index (κ1) is 20.0. The number of rotatable bonds is 7. The van der Waals surface area contributed by atoms with Gasteiger partial charge in [0.25, 0.3) is 5.91 Å². The average molecular weight is 383 g/mol. The Bertz CT molecular complexity index is 801. The number of amides is 1. The first-order valence-electron chi connectivity index (χ1n) is 9.94. The molecule has 6 heteroatoms. The molecule has 1 amide bonds. The molecular formula is C22H30N4O2. The van der Waals surface area contributed by atoms with Crippen LogP contribution < -0.4 is 20.7 Å². The molecule has 0 aromatic heterocycles. The molecule has 3 N–H and O–H groups in total. The fourth-order valence-electron chi connectivity index (χ4n) is 3.23. The quantitative estimate of drug-likeness (QED) is 0.567. The summed E-state index contributed by atoms with van der Waals surface area (Å²) in [6.07, 6.45) is 2.07. The maximum atomic E-state index is 12.6. The molecule has 0 atom stereocenters. The van der Waals surface area contributed by atoms with E-state index >= 15 is 0 Å². The topological polar surface area (TPSA) is 70.8 Å². The second kappa shape index (κ2) is 9.46. The molecule has 1 aliphatic rings. The minimum Gasteiger partial charge on any atom is -0.494 e. The summed E-state index contributed by atoms with van der Waals surface area (Å²) in [5.41, 5.74) is 9.23. The Morgan fingerprint density at radius 1 is 1.14 bits per heavy atom. The van der Waals surface area contributed by atoms with Crippen molar-refractivity contribution in [3.63, 3.8) is 0 Å². The first-order valence-corrected chi connectivity index (χ1v) is 9.94.